The number of phenolic OH excluding ortho intramolecular Hbond substituents is 1. The third kappa shape index (κ3) is 3.83. The van der Waals surface area contributed by atoms with Gasteiger partial charge in [0.25, 0.3) is 15.9 Å². The average Bonchev–Trinajstić information content (AvgIpc) is 2.47. The van der Waals surface area contributed by atoms with Crippen molar-refractivity contribution < 1.29 is 18.3 Å². The molecule has 0 atom stereocenters. The molecule has 0 heterocycles. The molecule has 1 amide bonds. The monoisotopic (exact) mass is 376 g/mol. The van der Waals surface area contributed by atoms with Crippen molar-refractivity contribution in [3.8, 4) is 5.75 Å². The third-order valence-corrected chi connectivity index (χ3v) is 5.77. The molecule has 0 unspecified atom stereocenters. The van der Waals surface area contributed by atoms with Crippen LogP contribution in [0, 0.1) is 27.7 Å². The Morgan fingerprint density at radius 1 is 0.962 bits per heavy atom. The first-order valence-corrected chi connectivity index (χ1v) is 9.58. The first-order chi connectivity index (χ1) is 11.9. The number of nitrogens with zero attached hydrogens (tertiary/aromatic N) is 1. The van der Waals surface area contributed by atoms with Crippen LogP contribution >= 0.6 is 0 Å². The van der Waals surface area contributed by atoms with Crippen molar-refractivity contribution in [3.05, 3.63) is 52.1 Å². The predicted octanol–water partition coefficient (Wildman–Crippen LogP) is 3.13. The lowest BCUT2D eigenvalue weighted by Crippen LogP contribution is -2.22. The second-order valence-corrected chi connectivity index (χ2v) is 8.34. The van der Waals surface area contributed by atoms with Gasteiger partial charge in [-0.25, -0.2) is 8.42 Å². The topological polar surface area (TPSA) is 86.7 Å². The first-order valence-electron chi connectivity index (χ1n) is 8.10. The molecule has 7 heteroatoms. The smallest absolute Gasteiger partial charge is 0.262 e. The summed E-state index contributed by atoms with van der Waals surface area (Å²) in [6, 6.07) is 6.37. The highest BCUT2D eigenvalue weighted by Crippen LogP contribution is 2.30. The number of anilines is 1. The quantitative estimate of drug-likeness (QED) is 0.803. The number of rotatable bonds is 4. The Morgan fingerprint density at radius 3 is 2.00 bits per heavy atom. The molecule has 0 aromatic heterocycles. The van der Waals surface area contributed by atoms with Crippen LogP contribution in [0.3, 0.4) is 0 Å². The SMILES string of the molecule is Cc1cc(C)c(S(=O)(=O)Nc2cc(C(=O)N(C)C)c(O)cc2C)c(C)c1. The van der Waals surface area contributed by atoms with Gasteiger partial charge in [-0.15, -0.1) is 0 Å². The van der Waals surface area contributed by atoms with Crippen LogP contribution in [-0.4, -0.2) is 38.4 Å². The van der Waals surface area contributed by atoms with Crippen molar-refractivity contribution in [2.45, 2.75) is 32.6 Å². The van der Waals surface area contributed by atoms with E-state index in [0.717, 1.165) is 5.56 Å². The number of phenols is 1. The summed E-state index contributed by atoms with van der Waals surface area (Å²) < 4.78 is 28.4. The molecule has 2 rings (SSSR count). The fourth-order valence-corrected chi connectivity index (χ4v) is 4.58. The molecule has 0 aliphatic carbocycles. The molecule has 0 saturated carbocycles. The summed E-state index contributed by atoms with van der Waals surface area (Å²) in [4.78, 5) is 13.7. The van der Waals surface area contributed by atoms with E-state index < -0.39 is 15.9 Å². The van der Waals surface area contributed by atoms with Crippen LogP contribution in [0.1, 0.15) is 32.6 Å². The summed E-state index contributed by atoms with van der Waals surface area (Å²) in [7, 11) is -0.726. The molecule has 0 saturated heterocycles. The fourth-order valence-electron chi connectivity index (χ4n) is 3.00. The van der Waals surface area contributed by atoms with Gasteiger partial charge in [-0.3, -0.25) is 9.52 Å². The second-order valence-electron chi connectivity index (χ2n) is 6.72. The maximum atomic E-state index is 12.9. The molecule has 0 aliphatic rings. The van der Waals surface area contributed by atoms with E-state index >= 15 is 0 Å². The Bertz CT molecular complexity index is 956. The summed E-state index contributed by atoms with van der Waals surface area (Å²) in [5.74, 6) is -0.600. The van der Waals surface area contributed by atoms with Crippen LogP contribution in [0.2, 0.25) is 0 Å². The van der Waals surface area contributed by atoms with Crippen LogP contribution < -0.4 is 4.72 Å². The molecule has 0 bridgehead atoms. The molecular formula is C19H24N2O4S. The van der Waals surface area contributed by atoms with Crippen molar-refractivity contribution in [1.29, 1.82) is 0 Å². The summed E-state index contributed by atoms with van der Waals surface area (Å²) >= 11 is 0. The highest BCUT2D eigenvalue weighted by atomic mass is 32.2. The molecule has 0 spiro atoms. The van der Waals surface area contributed by atoms with E-state index in [0.29, 0.717) is 16.7 Å². The van der Waals surface area contributed by atoms with E-state index in [1.165, 1.54) is 17.0 Å². The van der Waals surface area contributed by atoms with Crippen LogP contribution in [0.25, 0.3) is 0 Å². The minimum atomic E-state index is -3.85. The van der Waals surface area contributed by atoms with Gasteiger partial charge in [0.15, 0.2) is 0 Å². The predicted molar refractivity (Wildman–Crippen MR) is 102 cm³/mol. The van der Waals surface area contributed by atoms with Crippen molar-refractivity contribution in [1.82, 2.24) is 4.90 Å². The van der Waals surface area contributed by atoms with E-state index in [-0.39, 0.29) is 21.9 Å². The highest BCUT2D eigenvalue weighted by Gasteiger charge is 2.23. The number of hydrogen-bond acceptors (Lipinski definition) is 4. The van der Waals surface area contributed by atoms with Gasteiger partial charge in [-0.1, -0.05) is 17.7 Å². The lowest BCUT2D eigenvalue weighted by atomic mass is 10.1. The Balaban J connectivity index is 2.54. The zero-order chi connectivity index (χ0) is 19.8. The largest absolute Gasteiger partial charge is 0.507 e. The number of benzene rings is 2. The molecular weight excluding hydrogens is 352 g/mol. The summed E-state index contributed by atoms with van der Waals surface area (Å²) in [6.07, 6.45) is 0. The van der Waals surface area contributed by atoms with Gasteiger partial charge >= 0.3 is 0 Å². The zero-order valence-electron chi connectivity index (χ0n) is 15.8. The van der Waals surface area contributed by atoms with Gasteiger partial charge in [0, 0.05) is 14.1 Å². The number of sulfonamides is 1. The zero-order valence-corrected chi connectivity index (χ0v) is 16.7. The number of amides is 1. The fraction of sp³-hybridized carbons (Fsp3) is 0.316. The van der Waals surface area contributed by atoms with Crippen molar-refractivity contribution in [3.63, 3.8) is 0 Å². The van der Waals surface area contributed by atoms with Gasteiger partial charge in [0.05, 0.1) is 16.1 Å². The molecule has 140 valence electrons. The summed E-state index contributed by atoms with van der Waals surface area (Å²) in [5.41, 5.74) is 3.09. The second kappa shape index (κ2) is 6.99. The number of aromatic hydroxyl groups is 1. The minimum Gasteiger partial charge on any atom is -0.507 e. The number of nitrogens with one attached hydrogen (secondary N) is 1. The lowest BCUT2D eigenvalue weighted by molar-refractivity contribution is 0.0824. The Morgan fingerprint density at radius 2 is 1.50 bits per heavy atom. The molecule has 0 radical (unpaired) electrons. The van der Waals surface area contributed by atoms with Crippen LogP contribution in [0.5, 0.6) is 5.75 Å². The number of hydrogen-bond donors (Lipinski definition) is 2. The maximum absolute atomic E-state index is 12.9. The summed E-state index contributed by atoms with van der Waals surface area (Å²) in [5, 5.41) is 10.0. The van der Waals surface area contributed by atoms with Gasteiger partial charge in [0.2, 0.25) is 0 Å². The van der Waals surface area contributed by atoms with Crippen molar-refractivity contribution in [2.75, 3.05) is 18.8 Å². The van der Waals surface area contributed by atoms with E-state index in [9.17, 15) is 18.3 Å². The number of carbonyl (C=O) groups is 1. The van der Waals surface area contributed by atoms with Gasteiger partial charge in [-0.05, 0) is 56.5 Å². The molecule has 6 nitrogen and oxygen atoms in total. The Hall–Kier alpha value is -2.54. The van der Waals surface area contributed by atoms with Gasteiger partial charge < -0.3 is 10.0 Å². The molecule has 2 N–H and O–H groups in total. The van der Waals surface area contributed by atoms with E-state index in [1.807, 2.05) is 19.1 Å². The molecule has 2 aromatic rings. The third-order valence-electron chi connectivity index (χ3n) is 4.10. The number of aryl methyl sites for hydroxylation is 4. The van der Waals surface area contributed by atoms with Gasteiger partial charge in [0.1, 0.15) is 5.75 Å². The number of carbonyl (C=O) groups excluding carboxylic acids is 1. The minimum absolute atomic E-state index is 0.0376. The molecule has 0 aliphatic heterocycles. The van der Waals surface area contributed by atoms with Crippen molar-refractivity contribution in [2.24, 2.45) is 0 Å². The van der Waals surface area contributed by atoms with Gasteiger partial charge in [-0.2, -0.15) is 0 Å². The Labute approximate surface area is 154 Å². The highest BCUT2D eigenvalue weighted by molar-refractivity contribution is 7.92. The van der Waals surface area contributed by atoms with Crippen LogP contribution in [-0.2, 0) is 10.0 Å². The molecule has 0 fully saturated rings. The van der Waals surface area contributed by atoms with E-state index in [4.69, 9.17) is 0 Å². The Kier molecular flexibility index (Phi) is 5.32. The summed E-state index contributed by atoms with van der Waals surface area (Å²) in [6.45, 7) is 7.07. The van der Waals surface area contributed by atoms with Crippen LogP contribution in [0.4, 0.5) is 5.69 Å². The van der Waals surface area contributed by atoms with Crippen LogP contribution in [0.15, 0.2) is 29.2 Å². The normalized spacial score (nSPS) is 11.3. The first kappa shape index (κ1) is 19.8. The standard InChI is InChI=1S/C19H24N2O4S/c1-11-7-13(3)18(14(4)8-11)26(24,25)20-16-10-15(19(23)21(5)6)17(22)9-12(16)2/h7-10,20,22H,1-6H3. The van der Waals surface area contributed by atoms with E-state index in [1.54, 1.807) is 34.9 Å². The molecule has 2 aromatic carbocycles. The maximum Gasteiger partial charge on any atom is 0.262 e. The van der Waals surface area contributed by atoms with Crippen molar-refractivity contribution >= 4 is 21.6 Å². The molecule has 26 heavy (non-hydrogen) atoms. The van der Waals surface area contributed by atoms with E-state index in [2.05, 4.69) is 4.72 Å². The lowest BCUT2D eigenvalue weighted by Gasteiger charge is -2.17. The average molecular weight is 376 g/mol.